The van der Waals surface area contributed by atoms with E-state index in [4.69, 9.17) is 9.15 Å². The minimum atomic E-state index is -0.221. The predicted octanol–water partition coefficient (Wildman–Crippen LogP) is 1.36. The number of aliphatic imine (C=N–C) groups is 1. The van der Waals surface area contributed by atoms with Gasteiger partial charge in [-0.1, -0.05) is 0 Å². The van der Waals surface area contributed by atoms with Crippen molar-refractivity contribution in [2.45, 2.75) is 25.4 Å². The maximum atomic E-state index is 11.7. The zero-order valence-electron chi connectivity index (χ0n) is 13.6. The first-order chi connectivity index (χ1) is 10.6. The first kappa shape index (κ1) is 19.8. The van der Waals surface area contributed by atoms with Gasteiger partial charge in [0.2, 0.25) is 0 Å². The van der Waals surface area contributed by atoms with E-state index < -0.39 is 0 Å². The summed E-state index contributed by atoms with van der Waals surface area (Å²) in [5, 5.41) is 9.17. The van der Waals surface area contributed by atoms with Crippen LogP contribution in [0.1, 0.15) is 30.3 Å². The molecule has 1 aliphatic rings. The molecule has 8 heteroatoms. The van der Waals surface area contributed by atoms with E-state index in [1.165, 1.54) is 6.26 Å². The minimum absolute atomic E-state index is 0. The molecular weight excluding hydrogens is 411 g/mol. The Morgan fingerprint density at radius 1 is 1.35 bits per heavy atom. The molecule has 130 valence electrons. The van der Waals surface area contributed by atoms with Gasteiger partial charge in [-0.15, -0.1) is 24.0 Å². The lowest BCUT2D eigenvalue weighted by molar-refractivity contribution is 0.0243. The molecule has 2 rings (SSSR count). The van der Waals surface area contributed by atoms with Gasteiger partial charge >= 0.3 is 0 Å². The molecule has 1 unspecified atom stereocenters. The van der Waals surface area contributed by atoms with Gasteiger partial charge in [0.1, 0.15) is 0 Å². The number of hydrogen-bond acceptors (Lipinski definition) is 4. The number of nitrogens with one attached hydrogen (secondary N) is 3. The highest BCUT2D eigenvalue weighted by molar-refractivity contribution is 14.0. The molecule has 0 bridgehead atoms. The molecule has 1 fully saturated rings. The highest BCUT2D eigenvalue weighted by atomic mass is 127. The monoisotopic (exact) mass is 436 g/mol. The van der Waals surface area contributed by atoms with Gasteiger partial charge in [0.05, 0.1) is 11.9 Å². The summed E-state index contributed by atoms with van der Waals surface area (Å²) in [4.78, 5) is 15.8. The van der Waals surface area contributed by atoms with E-state index in [-0.39, 0.29) is 35.5 Å². The molecule has 0 spiro atoms. The average molecular weight is 436 g/mol. The maximum Gasteiger partial charge on any atom is 0.287 e. The van der Waals surface area contributed by atoms with Gasteiger partial charge in [-0.05, 0) is 31.9 Å². The molecule has 23 heavy (non-hydrogen) atoms. The highest BCUT2D eigenvalue weighted by Crippen LogP contribution is 2.23. The van der Waals surface area contributed by atoms with Gasteiger partial charge in [0.15, 0.2) is 11.7 Å². The molecule has 0 aliphatic carbocycles. The first-order valence-electron chi connectivity index (χ1n) is 7.53. The van der Waals surface area contributed by atoms with Crippen LogP contribution >= 0.6 is 24.0 Å². The zero-order valence-corrected chi connectivity index (χ0v) is 15.9. The van der Waals surface area contributed by atoms with Gasteiger partial charge < -0.3 is 25.1 Å². The lowest BCUT2D eigenvalue weighted by atomic mass is 10.0. The van der Waals surface area contributed by atoms with Crippen molar-refractivity contribution < 1.29 is 13.9 Å². The van der Waals surface area contributed by atoms with E-state index in [2.05, 4.69) is 27.9 Å². The zero-order chi connectivity index (χ0) is 15.8. The Balaban J connectivity index is 0.00000264. The Morgan fingerprint density at radius 2 is 2.13 bits per heavy atom. The van der Waals surface area contributed by atoms with Crippen molar-refractivity contribution in [2.24, 2.45) is 4.99 Å². The lowest BCUT2D eigenvalue weighted by Crippen LogP contribution is -2.47. The smallest absolute Gasteiger partial charge is 0.287 e. The van der Waals surface area contributed by atoms with E-state index in [9.17, 15) is 4.79 Å². The lowest BCUT2D eigenvalue weighted by Gasteiger charge is -2.24. The van der Waals surface area contributed by atoms with E-state index in [1.54, 1.807) is 19.2 Å². The van der Waals surface area contributed by atoms with Crippen molar-refractivity contribution in [2.75, 3.05) is 33.3 Å². The molecule has 0 saturated carbocycles. The summed E-state index contributed by atoms with van der Waals surface area (Å²) in [5.74, 6) is 0.791. The number of nitrogens with zero attached hydrogens (tertiary/aromatic N) is 1. The molecule has 1 saturated heterocycles. The molecule has 2 heterocycles. The van der Waals surface area contributed by atoms with Crippen molar-refractivity contribution in [1.82, 2.24) is 16.0 Å². The molecule has 7 nitrogen and oxygen atoms in total. The Bertz CT molecular complexity index is 499. The Hall–Kier alpha value is -1.29. The fraction of sp³-hybridized carbons (Fsp3) is 0.600. The van der Waals surface area contributed by atoms with Crippen LogP contribution in [0.4, 0.5) is 0 Å². The molecule has 0 radical (unpaired) electrons. The second kappa shape index (κ2) is 9.76. The number of ether oxygens (including phenoxy) is 1. The SMILES string of the molecule is CN=C(NCCNC(=O)c1ccco1)NCC1(C)CCCO1.I. The van der Waals surface area contributed by atoms with Crippen LogP contribution in [-0.4, -0.2) is 50.8 Å². The van der Waals surface area contributed by atoms with Crippen LogP contribution in [-0.2, 0) is 4.74 Å². The molecule has 1 aliphatic heterocycles. The Labute approximate surface area is 153 Å². The molecule has 0 aromatic carbocycles. The summed E-state index contributed by atoms with van der Waals surface area (Å²) in [5.41, 5.74) is -0.120. The Morgan fingerprint density at radius 3 is 2.74 bits per heavy atom. The van der Waals surface area contributed by atoms with Crippen molar-refractivity contribution in [3.63, 3.8) is 0 Å². The highest BCUT2D eigenvalue weighted by Gasteiger charge is 2.29. The fourth-order valence-corrected chi connectivity index (χ4v) is 2.32. The summed E-state index contributed by atoms with van der Waals surface area (Å²) < 4.78 is 10.7. The van der Waals surface area contributed by atoms with Crippen LogP contribution in [0, 0.1) is 0 Å². The molecular formula is C15H25IN4O3. The van der Waals surface area contributed by atoms with Crippen LogP contribution in [0.2, 0.25) is 0 Å². The van der Waals surface area contributed by atoms with Crippen LogP contribution < -0.4 is 16.0 Å². The third kappa shape index (κ3) is 6.38. The maximum absolute atomic E-state index is 11.7. The number of furan rings is 1. The number of carbonyl (C=O) groups is 1. The van der Waals surface area contributed by atoms with Gasteiger partial charge in [0, 0.05) is 33.3 Å². The number of guanidine groups is 1. The molecule has 1 atom stereocenters. The summed E-state index contributed by atoms with van der Waals surface area (Å²) in [6, 6.07) is 3.32. The quantitative estimate of drug-likeness (QED) is 0.271. The number of amides is 1. The first-order valence-corrected chi connectivity index (χ1v) is 7.53. The van der Waals surface area contributed by atoms with Crippen molar-refractivity contribution >= 4 is 35.8 Å². The van der Waals surface area contributed by atoms with Gasteiger partial charge in [-0.25, -0.2) is 0 Å². The standard InChI is InChI=1S/C15H24N4O3.HI/c1-15(6-4-10-22-15)11-19-14(16-2)18-8-7-17-13(20)12-5-3-9-21-12;/h3,5,9H,4,6-8,10-11H2,1-2H3,(H,17,20)(H2,16,18,19);1H. The summed E-state index contributed by atoms with van der Waals surface area (Å²) >= 11 is 0. The molecule has 3 N–H and O–H groups in total. The third-order valence-corrected chi connectivity index (χ3v) is 3.60. The van der Waals surface area contributed by atoms with Gasteiger partial charge in [-0.3, -0.25) is 9.79 Å². The van der Waals surface area contributed by atoms with E-state index >= 15 is 0 Å². The van der Waals surface area contributed by atoms with E-state index in [1.807, 2.05) is 0 Å². The Kier molecular flexibility index (Phi) is 8.38. The average Bonchev–Trinajstić information content (AvgIpc) is 3.18. The number of hydrogen-bond donors (Lipinski definition) is 3. The topological polar surface area (TPSA) is 87.9 Å². The van der Waals surface area contributed by atoms with Gasteiger partial charge in [0.25, 0.3) is 5.91 Å². The van der Waals surface area contributed by atoms with Crippen LogP contribution in [0.15, 0.2) is 27.8 Å². The number of carbonyl (C=O) groups excluding carboxylic acids is 1. The predicted molar refractivity (Wildman–Crippen MR) is 99.4 cm³/mol. The normalized spacial score (nSPS) is 20.7. The molecule has 1 aromatic rings. The largest absolute Gasteiger partial charge is 0.459 e. The van der Waals surface area contributed by atoms with E-state index in [0.717, 1.165) is 19.4 Å². The van der Waals surface area contributed by atoms with Gasteiger partial charge in [-0.2, -0.15) is 0 Å². The van der Waals surface area contributed by atoms with Crippen molar-refractivity contribution in [1.29, 1.82) is 0 Å². The van der Waals surface area contributed by atoms with Crippen LogP contribution in [0.5, 0.6) is 0 Å². The third-order valence-electron chi connectivity index (χ3n) is 3.60. The second-order valence-corrected chi connectivity index (χ2v) is 5.49. The van der Waals surface area contributed by atoms with E-state index in [0.29, 0.717) is 31.4 Å². The minimum Gasteiger partial charge on any atom is -0.459 e. The molecule has 1 aromatic heterocycles. The van der Waals surface area contributed by atoms with Crippen molar-refractivity contribution in [3.8, 4) is 0 Å². The molecule has 1 amide bonds. The summed E-state index contributed by atoms with van der Waals surface area (Å²) in [7, 11) is 1.72. The van der Waals surface area contributed by atoms with Crippen molar-refractivity contribution in [3.05, 3.63) is 24.2 Å². The van der Waals surface area contributed by atoms with Crippen LogP contribution in [0.3, 0.4) is 0 Å². The summed E-state index contributed by atoms with van der Waals surface area (Å²) in [6.45, 7) is 4.69. The summed E-state index contributed by atoms with van der Waals surface area (Å²) in [6.07, 6.45) is 3.63. The fourth-order valence-electron chi connectivity index (χ4n) is 2.32. The van der Waals surface area contributed by atoms with Crippen LogP contribution in [0.25, 0.3) is 0 Å². The second-order valence-electron chi connectivity index (χ2n) is 5.49. The number of halogens is 1. The number of rotatable bonds is 6.